The number of hydrogen-bond donors (Lipinski definition) is 2. The van der Waals surface area contributed by atoms with Gasteiger partial charge in [0.1, 0.15) is 0 Å². The van der Waals surface area contributed by atoms with Crippen LogP contribution in [0.25, 0.3) is 0 Å². The predicted octanol–water partition coefficient (Wildman–Crippen LogP) is 14.2. The maximum Gasteiger partial charge on any atom is 0.331 e. The summed E-state index contributed by atoms with van der Waals surface area (Å²) in [6.07, 6.45) is 37.0. The third-order valence-corrected chi connectivity index (χ3v) is 12.3. The van der Waals surface area contributed by atoms with Crippen molar-refractivity contribution >= 4 is 19.5 Å². The molecule has 0 bridgehead atoms. The lowest BCUT2D eigenvalue weighted by Gasteiger charge is -2.22. The number of carbonyl (C=O) groups is 2. The standard InChI is InChI=1S/C44H87O9P.CH4/c1-3-5-7-9-11-13-15-17-19-21-23-25-27-29-35-50-37-31-39-52-54(49,41-42(44(47)48)33-34-43(45)46)53-40-32-38-51-36-30-28-26-24-22-20-18-16-14-12-10-8-6-4-2;/h42H,3-41H2,1-2H3,(H,45,46)(H,47,48);1H4. The van der Waals surface area contributed by atoms with Crippen LogP contribution in [0.5, 0.6) is 0 Å². The first-order valence-electron chi connectivity index (χ1n) is 22.8. The molecular weight excluding hydrogens is 715 g/mol. The normalized spacial score (nSPS) is 12.2. The Morgan fingerprint density at radius 1 is 0.455 bits per heavy atom. The Bertz CT molecular complexity index is 810. The molecule has 0 amide bonds. The fraction of sp³-hybridized carbons (Fsp3) is 0.956. The molecule has 0 heterocycles. The second-order valence-corrected chi connectivity index (χ2v) is 17.7. The summed E-state index contributed by atoms with van der Waals surface area (Å²) in [5.74, 6) is -3.42. The summed E-state index contributed by atoms with van der Waals surface area (Å²) in [6, 6.07) is 0. The second kappa shape index (κ2) is 44.1. The van der Waals surface area contributed by atoms with Crippen LogP contribution in [0.2, 0.25) is 0 Å². The van der Waals surface area contributed by atoms with Crippen molar-refractivity contribution in [3.8, 4) is 0 Å². The number of rotatable bonds is 46. The molecule has 55 heavy (non-hydrogen) atoms. The van der Waals surface area contributed by atoms with E-state index < -0.39 is 25.5 Å². The molecule has 0 saturated carbocycles. The zero-order valence-electron chi connectivity index (χ0n) is 35.4. The zero-order valence-corrected chi connectivity index (χ0v) is 36.2. The molecule has 0 aliphatic rings. The number of unbranched alkanes of at least 4 members (excludes halogenated alkanes) is 26. The smallest absolute Gasteiger partial charge is 0.331 e. The summed E-state index contributed by atoms with van der Waals surface area (Å²) in [5, 5.41) is 18.7. The Balaban J connectivity index is 0. The quantitative estimate of drug-likeness (QED) is 0.0456. The lowest BCUT2D eigenvalue weighted by Crippen LogP contribution is -2.21. The van der Waals surface area contributed by atoms with E-state index in [2.05, 4.69) is 13.8 Å². The van der Waals surface area contributed by atoms with Gasteiger partial charge in [-0.15, -0.1) is 0 Å². The van der Waals surface area contributed by atoms with Gasteiger partial charge in [-0.2, -0.15) is 0 Å². The number of hydrogen-bond acceptors (Lipinski definition) is 7. The highest BCUT2D eigenvalue weighted by Crippen LogP contribution is 2.50. The van der Waals surface area contributed by atoms with Crippen molar-refractivity contribution in [3.63, 3.8) is 0 Å². The zero-order chi connectivity index (χ0) is 39.6. The maximum absolute atomic E-state index is 13.6. The summed E-state index contributed by atoms with van der Waals surface area (Å²) in [4.78, 5) is 22.9. The molecule has 10 heteroatoms. The summed E-state index contributed by atoms with van der Waals surface area (Å²) in [6.45, 7) is 7.07. The van der Waals surface area contributed by atoms with Crippen molar-refractivity contribution in [2.24, 2.45) is 5.92 Å². The van der Waals surface area contributed by atoms with Crippen LogP contribution >= 0.6 is 7.60 Å². The first-order valence-corrected chi connectivity index (χ1v) is 24.6. The van der Waals surface area contributed by atoms with Crippen LogP contribution in [-0.4, -0.2) is 68.0 Å². The van der Waals surface area contributed by atoms with Gasteiger partial charge in [-0.3, -0.25) is 14.2 Å². The lowest BCUT2D eigenvalue weighted by atomic mass is 10.0. The van der Waals surface area contributed by atoms with Crippen molar-refractivity contribution in [1.29, 1.82) is 0 Å². The Morgan fingerprint density at radius 3 is 1.04 bits per heavy atom. The van der Waals surface area contributed by atoms with Crippen LogP contribution in [0.1, 0.15) is 227 Å². The minimum atomic E-state index is -3.76. The Kier molecular flexibility index (Phi) is 45.0. The van der Waals surface area contributed by atoms with Gasteiger partial charge in [-0.25, -0.2) is 0 Å². The van der Waals surface area contributed by atoms with E-state index in [-0.39, 0.29) is 39.6 Å². The lowest BCUT2D eigenvalue weighted by molar-refractivity contribution is -0.142. The summed E-state index contributed by atoms with van der Waals surface area (Å²) >= 11 is 0. The highest BCUT2D eigenvalue weighted by atomic mass is 31.2. The van der Waals surface area contributed by atoms with Crippen LogP contribution in [-0.2, 0) is 32.7 Å². The maximum atomic E-state index is 13.6. The van der Waals surface area contributed by atoms with E-state index in [0.29, 0.717) is 39.3 Å². The van der Waals surface area contributed by atoms with Gasteiger partial charge < -0.3 is 28.7 Å². The van der Waals surface area contributed by atoms with E-state index in [1.165, 1.54) is 154 Å². The topological polar surface area (TPSA) is 129 Å². The van der Waals surface area contributed by atoms with Crippen molar-refractivity contribution < 1.29 is 42.9 Å². The molecule has 0 spiro atoms. The largest absolute Gasteiger partial charge is 0.481 e. The SMILES string of the molecule is C.CCCCCCCCCCCCCCCCOCCCOP(=O)(CC(CCC(=O)O)C(=O)O)OCCCOCCCCCCCCCCCCCCCC. The molecular formula is C45H91O9P. The minimum Gasteiger partial charge on any atom is -0.481 e. The van der Waals surface area contributed by atoms with Gasteiger partial charge in [0.2, 0.25) is 0 Å². The van der Waals surface area contributed by atoms with Crippen LogP contribution in [0.3, 0.4) is 0 Å². The predicted molar refractivity (Wildman–Crippen MR) is 231 cm³/mol. The average molecular weight is 807 g/mol. The number of carboxylic acids is 2. The molecule has 0 fully saturated rings. The van der Waals surface area contributed by atoms with Crippen LogP contribution in [0.4, 0.5) is 0 Å². The van der Waals surface area contributed by atoms with Gasteiger partial charge >= 0.3 is 19.5 Å². The first-order chi connectivity index (χ1) is 26.3. The molecule has 1 atom stereocenters. The molecule has 0 aromatic heterocycles. The summed E-state index contributed by atoms with van der Waals surface area (Å²) in [7, 11) is -3.76. The van der Waals surface area contributed by atoms with Gasteiger partial charge in [0.25, 0.3) is 0 Å². The molecule has 0 saturated heterocycles. The molecule has 0 aromatic carbocycles. The van der Waals surface area contributed by atoms with E-state index >= 15 is 0 Å². The highest BCUT2D eigenvalue weighted by Gasteiger charge is 2.33. The van der Waals surface area contributed by atoms with Crippen LogP contribution < -0.4 is 0 Å². The minimum absolute atomic E-state index is 0. The van der Waals surface area contributed by atoms with Gasteiger partial charge in [0.15, 0.2) is 0 Å². The molecule has 0 aromatic rings. The number of carboxylic acid groups (broad SMARTS) is 2. The van der Waals surface area contributed by atoms with Gasteiger partial charge in [-0.05, 0) is 32.1 Å². The van der Waals surface area contributed by atoms with E-state index in [1.807, 2.05) is 0 Å². The Labute approximate surface area is 340 Å². The average Bonchev–Trinajstić information content (AvgIpc) is 3.15. The molecule has 0 aliphatic heterocycles. The number of aliphatic carboxylic acids is 2. The fourth-order valence-corrected chi connectivity index (χ4v) is 8.71. The van der Waals surface area contributed by atoms with E-state index in [1.54, 1.807) is 0 Å². The molecule has 1 unspecified atom stereocenters. The van der Waals surface area contributed by atoms with Crippen molar-refractivity contribution in [3.05, 3.63) is 0 Å². The van der Waals surface area contributed by atoms with Crippen LogP contribution in [0, 0.1) is 5.92 Å². The van der Waals surface area contributed by atoms with Crippen LogP contribution in [0.15, 0.2) is 0 Å². The third kappa shape index (κ3) is 42.4. The summed E-state index contributed by atoms with van der Waals surface area (Å²) < 4.78 is 36.5. The van der Waals surface area contributed by atoms with Crippen molar-refractivity contribution in [2.45, 2.75) is 227 Å². The summed E-state index contributed by atoms with van der Waals surface area (Å²) in [5.41, 5.74) is 0. The molecule has 0 radical (unpaired) electrons. The molecule has 2 N–H and O–H groups in total. The molecule has 330 valence electrons. The van der Waals surface area contributed by atoms with E-state index in [9.17, 15) is 19.3 Å². The Morgan fingerprint density at radius 2 is 0.745 bits per heavy atom. The highest BCUT2D eigenvalue weighted by molar-refractivity contribution is 7.53. The Hall–Kier alpha value is -0.990. The fourth-order valence-electron chi connectivity index (χ4n) is 6.73. The van der Waals surface area contributed by atoms with Crippen molar-refractivity contribution in [1.82, 2.24) is 0 Å². The van der Waals surface area contributed by atoms with Crippen molar-refractivity contribution in [2.75, 3.05) is 45.8 Å². The monoisotopic (exact) mass is 807 g/mol. The third-order valence-electron chi connectivity index (χ3n) is 10.2. The molecule has 0 rings (SSSR count). The van der Waals surface area contributed by atoms with Gasteiger partial charge in [0, 0.05) is 32.8 Å². The molecule has 0 aliphatic carbocycles. The van der Waals surface area contributed by atoms with Gasteiger partial charge in [0.05, 0.1) is 25.3 Å². The number of ether oxygens (including phenoxy) is 2. The second-order valence-electron chi connectivity index (χ2n) is 15.6. The van der Waals surface area contributed by atoms with E-state index in [4.69, 9.17) is 23.6 Å². The van der Waals surface area contributed by atoms with E-state index in [0.717, 1.165) is 25.7 Å². The molecule has 9 nitrogen and oxygen atoms in total. The first kappa shape index (κ1) is 56.1. The van der Waals surface area contributed by atoms with Gasteiger partial charge in [-0.1, -0.05) is 188 Å².